The predicted octanol–water partition coefficient (Wildman–Crippen LogP) is 3.56. The van der Waals surface area contributed by atoms with E-state index in [2.05, 4.69) is 10.6 Å². The second kappa shape index (κ2) is 12.7. The topological polar surface area (TPSA) is 109 Å². The highest BCUT2D eigenvalue weighted by molar-refractivity contribution is 5.89. The van der Waals surface area contributed by atoms with Crippen LogP contribution in [0.3, 0.4) is 0 Å². The highest BCUT2D eigenvalue weighted by Crippen LogP contribution is 2.31. The van der Waals surface area contributed by atoms with Gasteiger partial charge >= 0.3 is 12.2 Å². The van der Waals surface area contributed by atoms with Crippen molar-refractivity contribution in [2.24, 2.45) is 0 Å². The molecule has 0 spiro atoms. The summed E-state index contributed by atoms with van der Waals surface area (Å²) in [5.41, 5.74) is 0.219. The quantitative estimate of drug-likeness (QED) is 0.507. The molecule has 2 heterocycles. The van der Waals surface area contributed by atoms with E-state index in [9.17, 15) is 27.9 Å². The standard InChI is InChI=1S/C27H32F3N3O6/c1-37-23-5-3-2-4-17(23)13-31-25(35)12-21-10-11-22-24(39-21)16-38-15-20(34)14-33(22)26(36)32-19-8-6-18(7-9-19)27(28,29)30/h2-9,20-22,24,34H,10-16H2,1H3,(H,31,35)(H,32,36)/t20-,21-,22-,24+/m0/s1. The maximum absolute atomic E-state index is 13.2. The van der Waals surface area contributed by atoms with Gasteiger partial charge in [-0.1, -0.05) is 18.2 Å². The molecule has 0 bridgehead atoms. The van der Waals surface area contributed by atoms with Gasteiger partial charge < -0.3 is 34.9 Å². The predicted molar refractivity (Wildman–Crippen MR) is 135 cm³/mol. The first-order valence-corrected chi connectivity index (χ1v) is 12.7. The van der Waals surface area contributed by atoms with Gasteiger partial charge in [0.2, 0.25) is 5.91 Å². The third-order valence-corrected chi connectivity index (χ3v) is 6.79. The minimum Gasteiger partial charge on any atom is -0.496 e. The first kappa shape index (κ1) is 28.7. The van der Waals surface area contributed by atoms with E-state index in [1.54, 1.807) is 7.11 Å². The first-order chi connectivity index (χ1) is 18.6. The largest absolute Gasteiger partial charge is 0.496 e. The van der Waals surface area contributed by atoms with Gasteiger partial charge in [-0.15, -0.1) is 0 Å². The number of urea groups is 1. The molecule has 2 aromatic carbocycles. The molecule has 0 radical (unpaired) electrons. The number of aliphatic hydroxyl groups excluding tert-OH is 1. The summed E-state index contributed by atoms with van der Waals surface area (Å²) >= 11 is 0. The molecule has 2 aliphatic rings. The van der Waals surface area contributed by atoms with Crippen molar-refractivity contribution in [1.29, 1.82) is 0 Å². The maximum Gasteiger partial charge on any atom is 0.416 e. The number of ether oxygens (including phenoxy) is 3. The number of benzene rings is 2. The van der Waals surface area contributed by atoms with Crippen molar-refractivity contribution in [1.82, 2.24) is 10.2 Å². The first-order valence-electron chi connectivity index (χ1n) is 12.7. The van der Waals surface area contributed by atoms with Gasteiger partial charge in [-0.3, -0.25) is 4.79 Å². The molecule has 9 nitrogen and oxygen atoms in total. The van der Waals surface area contributed by atoms with E-state index in [4.69, 9.17) is 14.2 Å². The van der Waals surface area contributed by atoms with Crippen molar-refractivity contribution in [2.75, 3.05) is 32.2 Å². The number of amides is 3. The fraction of sp³-hybridized carbons (Fsp3) is 0.481. The molecule has 0 unspecified atom stereocenters. The smallest absolute Gasteiger partial charge is 0.416 e. The zero-order valence-corrected chi connectivity index (χ0v) is 21.4. The van der Waals surface area contributed by atoms with E-state index in [1.807, 2.05) is 24.3 Å². The summed E-state index contributed by atoms with van der Waals surface area (Å²) in [4.78, 5) is 27.2. The van der Waals surface area contributed by atoms with Gasteiger partial charge in [0, 0.05) is 17.8 Å². The van der Waals surface area contributed by atoms with Gasteiger partial charge in [-0.05, 0) is 43.2 Å². The lowest BCUT2D eigenvalue weighted by molar-refractivity contribution is -0.149. The number of hydrogen-bond donors (Lipinski definition) is 3. The van der Waals surface area contributed by atoms with Gasteiger partial charge in [0.1, 0.15) is 11.9 Å². The number of carbonyl (C=O) groups is 2. The third kappa shape index (κ3) is 7.61. The molecule has 0 saturated carbocycles. The highest BCUT2D eigenvalue weighted by Gasteiger charge is 2.40. The zero-order chi connectivity index (χ0) is 28.0. The Bertz CT molecular complexity index is 1130. The second-order valence-corrected chi connectivity index (χ2v) is 9.58. The molecule has 0 aliphatic carbocycles. The van der Waals surface area contributed by atoms with Crippen LogP contribution in [0.15, 0.2) is 48.5 Å². The number of nitrogens with one attached hydrogen (secondary N) is 2. The summed E-state index contributed by atoms with van der Waals surface area (Å²) in [7, 11) is 1.57. The van der Waals surface area contributed by atoms with Crippen LogP contribution in [0.4, 0.5) is 23.7 Å². The van der Waals surface area contributed by atoms with Gasteiger partial charge in [-0.25, -0.2) is 4.79 Å². The minimum absolute atomic E-state index is 0.0132. The zero-order valence-electron chi connectivity index (χ0n) is 21.4. The number of rotatable bonds is 6. The highest BCUT2D eigenvalue weighted by atomic mass is 19.4. The normalized spacial score (nSPS) is 23.7. The Labute approximate surface area is 224 Å². The van der Waals surface area contributed by atoms with Crippen LogP contribution < -0.4 is 15.4 Å². The molecule has 2 aliphatic heterocycles. The number of carbonyl (C=O) groups excluding carboxylic acids is 2. The number of fused-ring (bicyclic) bond motifs is 1. The Morgan fingerprint density at radius 1 is 1.10 bits per heavy atom. The van der Waals surface area contributed by atoms with E-state index in [0.29, 0.717) is 25.1 Å². The number of methoxy groups -OCH3 is 1. The number of nitrogens with zero attached hydrogens (tertiary/aromatic N) is 1. The van der Waals surface area contributed by atoms with Gasteiger partial charge in [0.05, 0.1) is 57.1 Å². The SMILES string of the molecule is COc1ccccc1CNC(=O)C[C@@H]1CC[C@H]2[C@@H](COC[C@@H](O)CN2C(=O)Nc2ccc(C(F)(F)F)cc2)O1. The summed E-state index contributed by atoms with van der Waals surface area (Å²) < 4.78 is 55.7. The Hall–Kier alpha value is -3.35. The summed E-state index contributed by atoms with van der Waals surface area (Å²) in [5.74, 6) is 0.488. The van der Waals surface area contributed by atoms with Crippen molar-refractivity contribution in [3.63, 3.8) is 0 Å². The van der Waals surface area contributed by atoms with Gasteiger partial charge in [0.25, 0.3) is 0 Å². The molecule has 2 aromatic rings. The van der Waals surface area contributed by atoms with Gasteiger partial charge in [0.15, 0.2) is 0 Å². The molecular formula is C27H32F3N3O6. The van der Waals surface area contributed by atoms with Crippen LogP contribution >= 0.6 is 0 Å². The molecule has 2 fully saturated rings. The molecule has 39 heavy (non-hydrogen) atoms. The summed E-state index contributed by atoms with van der Waals surface area (Å²) in [6, 6.07) is 10.5. The maximum atomic E-state index is 13.2. The average molecular weight is 552 g/mol. The summed E-state index contributed by atoms with van der Waals surface area (Å²) in [6.45, 7) is 0.368. The lowest BCUT2D eigenvalue weighted by atomic mass is 9.95. The number of β-amino-alcohol motifs (C(OH)–C–C–N with tert-alkyl or cyclic N) is 1. The molecule has 3 amide bonds. The van der Waals surface area contributed by atoms with E-state index in [0.717, 1.165) is 17.7 Å². The number of hydrogen-bond acceptors (Lipinski definition) is 6. The Kier molecular flexibility index (Phi) is 9.31. The van der Waals surface area contributed by atoms with E-state index in [-0.39, 0.29) is 37.8 Å². The number of para-hydroxylation sites is 1. The monoisotopic (exact) mass is 551 g/mol. The number of anilines is 1. The van der Waals surface area contributed by atoms with Crippen molar-refractivity contribution < 1.29 is 42.1 Å². The van der Waals surface area contributed by atoms with Crippen molar-refractivity contribution in [3.05, 3.63) is 59.7 Å². The molecule has 4 atom stereocenters. The molecular weight excluding hydrogens is 519 g/mol. The van der Waals surface area contributed by atoms with Gasteiger partial charge in [-0.2, -0.15) is 13.2 Å². The van der Waals surface area contributed by atoms with Crippen LogP contribution in [-0.2, 0) is 27.0 Å². The van der Waals surface area contributed by atoms with Crippen molar-refractivity contribution >= 4 is 17.6 Å². The molecule has 212 valence electrons. The molecule has 0 aromatic heterocycles. The van der Waals surface area contributed by atoms with Crippen LogP contribution in [0.2, 0.25) is 0 Å². The second-order valence-electron chi connectivity index (χ2n) is 9.58. The minimum atomic E-state index is -4.48. The van der Waals surface area contributed by atoms with Crippen LogP contribution in [0, 0.1) is 0 Å². The fourth-order valence-corrected chi connectivity index (χ4v) is 4.83. The van der Waals surface area contributed by atoms with Crippen LogP contribution in [0.1, 0.15) is 30.4 Å². The molecule has 2 saturated heterocycles. The third-order valence-electron chi connectivity index (χ3n) is 6.79. The number of halogens is 3. The van der Waals surface area contributed by atoms with Crippen LogP contribution in [0.25, 0.3) is 0 Å². The van der Waals surface area contributed by atoms with Crippen LogP contribution in [-0.4, -0.2) is 73.2 Å². The Balaban J connectivity index is 1.36. The fourth-order valence-electron chi connectivity index (χ4n) is 4.83. The Morgan fingerprint density at radius 2 is 1.85 bits per heavy atom. The lowest BCUT2D eigenvalue weighted by Gasteiger charge is -2.44. The molecule has 4 rings (SSSR count). The molecule has 12 heteroatoms. The summed E-state index contributed by atoms with van der Waals surface area (Å²) in [5, 5.41) is 15.8. The van der Waals surface area contributed by atoms with E-state index < -0.39 is 42.1 Å². The van der Waals surface area contributed by atoms with E-state index >= 15 is 0 Å². The average Bonchev–Trinajstić information content (AvgIpc) is 2.90. The lowest BCUT2D eigenvalue weighted by Crippen LogP contribution is -2.58. The Morgan fingerprint density at radius 3 is 2.56 bits per heavy atom. The van der Waals surface area contributed by atoms with Crippen molar-refractivity contribution in [2.45, 2.75) is 56.3 Å². The van der Waals surface area contributed by atoms with E-state index in [1.165, 1.54) is 17.0 Å². The number of aliphatic hydroxyl groups is 1. The van der Waals surface area contributed by atoms with Crippen molar-refractivity contribution in [3.8, 4) is 5.75 Å². The summed E-state index contributed by atoms with van der Waals surface area (Å²) in [6.07, 6.45) is -5.26. The molecule has 3 N–H and O–H groups in total. The number of alkyl halides is 3. The van der Waals surface area contributed by atoms with Crippen LogP contribution in [0.5, 0.6) is 5.75 Å².